The highest BCUT2D eigenvalue weighted by molar-refractivity contribution is 8.17. The molecule has 4 aliphatic heterocycles. The number of thioether (sulfide) groups is 3. The number of nitrogens with one attached hydrogen (secondary N) is 2. The fraction of sp³-hybridized carbons (Fsp3) is 0.375. The summed E-state index contributed by atoms with van der Waals surface area (Å²) in [4.78, 5) is 67.9. The second kappa shape index (κ2) is 11.7. The summed E-state index contributed by atoms with van der Waals surface area (Å²) in [5.74, 6) is -2.06. The maximum Gasteiger partial charge on any atom is 0.352 e. The van der Waals surface area contributed by atoms with Crippen LogP contribution in [0.25, 0.3) is 0 Å². The minimum absolute atomic E-state index is 0.00860. The van der Waals surface area contributed by atoms with Crippen LogP contribution >= 0.6 is 46.6 Å². The minimum atomic E-state index is -1.20. The summed E-state index contributed by atoms with van der Waals surface area (Å²) in [5, 5.41) is 21.3. The normalized spacial score (nSPS) is 25.1. The standard InChI is InChI=1S/C24H24N8O6S4/c1-31-12-3-2-5-27-19(12)42-24(31)41-8-10-7-39-21-15(20(35)32(21)16(10)22(36)37)29-18(34)14(11-9-40-23(25)28-11)30-38-13-4-6-26-17(13)33/h2-3,5,9,13,15,21,24H,4,6-8H2,1H3,(H2,25,28)(H,26,33)(H,29,34)(H,36,37)/b30-14-/t13-,15+,21-,24?/m0/s1. The molecule has 1 unspecified atom stereocenters. The van der Waals surface area contributed by atoms with E-state index in [2.05, 4.69) is 30.7 Å². The second-order valence-electron chi connectivity index (χ2n) is 9.48. The summed E-state index contributed by atoms with van der Waals surface area (Å²) in [6, 6.07) is 2.88. The largest absolute Gasteiger partial charge is 0.477 e. The monoisotopic (exact) mass is 648 g/mol. The number of carboxylic acid groups (broad SMARTS) is 1. The number of nitrogen functional groups attached to an aromatic ring is 1. The van der Waals surface area contributed by atoms with Crippen molar-refractivity contribution in [3.05, 3.63) is 40.7 Å². The summed E-state index contributed by atoms with van der Waals surface area (Å²) in [6.45, 7) is 0.427. The molecule has 2 fully saturated rings. The van der Waals surface area contributed by atoms with Crippen LogP contribution in [-0.4, -0.2) is 96.7 Å². The van der Waals surface area contributed by atoms with Crippen molar-refractivity contribution < 1.29 is 29.1 Å². The SMILES string of the molecule is CN1c2cccnc2SC1SCC1=C(C(=O)O)N2C(=O)[C@@H](NC(=O)/C(=N\O[C@H]3CCNC3=O)c3csc(N)n3)[C@@H]2SC1. The molecule has 18 heteroatoms. The van der Waals surface area contributed by atoms with Crippen molar-refractivity contribution in [2.75, 3.05) is 35.7 Å². The Kier molecular flexibility index (Phi) is 7.95. The van der Waals surface area contributed by atoms with Crippen molar-refractivity contribution >= 4 is 86.8 Å². The van der Waals surface area contributed by atoms with Crippen LogP contribution in [0.4, 0.5) is 10.8 Å². The highest BCUT2D eigenvalue weighted by atomic mass is 32.2. The van der Waals surface area contributed by atoms with Crippen LogP contribution < -0.4 is 21.3 Å². The van der Waals surface area contributed by atoms with E-state index >= 15 is 0 Å². The number of nitrogens with two attached hydrogens (primary N) is 1. The van der Waals surface area contributed by atoms with Crippen molar-refractivity contribution in [1.29, 1.82) is 0 Å². The molecule has 220 valence electrons. The van der Waals surface area contributed by atoms with E-state index in [9.17, 15) is 24.3 Å². The van der Waals surface area contributed by atoms with Crippen LogP contribution in [0.2, 0.25) is 0 Å². The van der Waals surface area contributed by atoms with Crippen LogP contribution in [0.3, 0.4) is 0 Å². The third-order valence-corrected chi connectivity index (χ3v) is 11.7. The van der Waals surface area contributed by atoms with Gasteiger partial charge in [-0.05, 0) is 17.7 Å². The second-order valence-corrected chi connectivity index (χ2v) is 13.9. The molecule has 0 bridgehead atoms. The molecule has 4 atom stereocenters. The van der Waals surface area contributed by atoms with Gasteiger partial charge in [-0.15, -0.1) is 34.9 Å². The number of carbonyl (C=O) groups is 4. The number of carbonyl (C=O) groups excluding carboxylic acids is 3. The molecular formula is C24H24N8O6S4. The topological polar surface area (TPSA) is 192 Å². The van der Waals surface area contributed by atoms with Gasteiger partial charge in [-0.25, -0.2) is 14.8 Å². The predicted octanol–water partition coefficient (Wildman–Crippen LogP) is 0.727. The molecular weight excluding hydrogens is 625 g/mol. The van der Waals surface area contributed by atoms with Gasteiger partial charge in [0.2, 0.25) is 6.10 Å². The lowest BCUT2D eigenvalue weighted by Gasteiger charge is -2.49. The van der Waals surface area contributed by atoms with E-state index in [4.69, 9.17) is 10.6 Å². The van der Waals surface area contributed by atoms with Gasteiger partial charge in [0.1, 0.15) is 32.5 Å². The number of thiazole rings is 1. The molecule has 6 rings (SSSR count). The van der Waals surface area contributed by atoms with Crippen molar-refractivity contribution in [2.45, 2.75) is 33.7 Å². The molecule has 2 saturated heterocycles. The molecule has 6 heterocycles. The number of amides is 3. The van der Waals surface area contributed by atoms with E-state index in [1.54, 1.807) is 29.7 Å². The number of fused-ring (bicyclic) bond motifs is 2. The molecule has 42 heavy (non-hydrogen) atoms. The van der Waals surface area contributed by atoms with E-state index in [0.717, 1.165) is 22.1 Å². The number of anilines is 2. The zero-order valence-electron chi connectivity index (χ0n) is 21.9. The number of β-lactam (4-membered cyclic amide) rings is 1. The first-order valence-corrected chi connectivity index (χ1v) is 16.5. The Balaban J connectivity index is 1.15. The lowest BCUT2D eigenvalue weighted by atomic mass is 10.0. The Hall–Kier alpha value is -3.48. The molecule has 14 nitrogen and oxygen atoms in total. The van der Waals surface area contributed by atoms with Gasteiger partial charge in [-0.1, -0.05) is 16.9 Å². The van der Waals surface area contributed by atoms with Crippen LogP contribution in [0.15, 0.2) is 45.2 Å². The number of hydrogen-bond donors (Lipinski definition) is 4. The summed E-state index contributed by atoms with van der Waals surface area (Å²) < 4.78 is 0.00860. The molecule has 4 aliphatic rings. The number of rotatable bonds is 9. The van der Waals surface area contributed by atoms with Gasteiger partial charge in [0.05, 0.1) is 5.69 Å². The van der Waals surface area contributed by atoms with E-state index in [1.165, 1.54) is 22.0 Å². The highest BCUT2D eigenvalue weighted by Gasteiger charge is 2.54. The van der Waals surface area contributed by atoms with Gasteiger partial charge in [0.25, 0.3) is 17.7 Å². The Morgan fingerprint density at radius 3 is 2.90 bits per heavy atom. The summed E-state index contributed by atoms with van der Waals surface area (Å²) in [7, 11) is 1.97. The highest BCUT2D eigenvalue weighted by Crippen LogP contribution is 2.47. The van der Waals surface area contributed by atoms with Crippen LogP contribution in [-0.2, 0) is 24.0 Å². The summed E-state index contributed by atoms with van der Waals surface area (Å²) in [6.07, 6.45) is 1.27. The number of aromatic nitrogens is 2. The van der Waals surface area contributed by atoms with Gasteiger partial charge in [-0.3, -0.25) is 19.3 Å². The number of nitrogens with zero attached hydrogens (tertiary/aromatic N) is 5. The fourth-order valence-corrected chi connectivity index (χ4v) is 9.35. The Bertz CT molecular complexity index is 1530. The zero-order valence-corrected chi connectivity index (χ0v) is 25.1. The van der Waals surface area contributed by atoms with Gasteiger partial charge in [-0.2, -0.15) is 0 Å². The average molecular weight is 649 g/mol. The van der Waals surface area contributed by atoms with Gasteiger partial charge in [0, 0.05) is 43.1 Å². The molecule has 5 N–H and O–H groups in total. The minimum Gasteiger partial charge on any atom is -0.477 e. The Morgan fingerprint density at radius 1 is 1.38 bits per heavy atom. The number of hydrogen-bond acceptors (Lipinski definition) is 14. The van der Waals surface area contributed by atoms with Crippen molar-refractivity contribution in [3.63, 3.8) is 0 Å². The first-order chi connectivity index (χ1) is 20.2. The lowest BCUT2D eigenvalue weighted by Crippen LogP contribution is -2.71. The fourth-order valence-electron chi connectivity index (χ4n) is 4.74. The van der Waals surface area contributed by atoms with Crippen LogP contribution in [0.1, 0.15) is 12.1 Å². The number of pyridine rings is 1. The molecule has 2 aromatic heterocycles. The molecule has 2 aromatic rings. The van der Waals surface area contributed by atoms with Crippen molar-refractivity contribution in [1.82, 2.24) is 25.5 Å². The van der Waals surface area contributed by atoms with Gasteiger partial charge >= 0.3 is 5.97 Å². The molecule has 0 radical (unpaired) electrons. The molecule has 0 aliphatic carbocycles. The Morgan fingerprint density at radius 2 is 2.21 bits per heavy atom. The van der Waals surface area contributed by atoms with Crippen LogP contribution in [0.5, 0.6) is 0 Å². The summed E-state index contributed by atoms with van der Waals surface area (Å²) >= 11 is 5.63. The third kappa shape index (κ3) is 5.27. The first-order valence-electron chi connectivity index (χ1n) is 12.6. The van der Waals surface area contributed by atoms with Gasteiger partial charge < -0.3 is 31.2 Å². The first kappa shape index (κ1) is 28.6. The van der Waals surface area contributed by atoms with Crippen LogP contribution in [0, 0.1) is 0 Å². The zero-order chi connectivity index (χ0) is 29.5. The van der Waals surface area contributed by atoms with Crippen molar-refractivity contribution in [2.24, 2.45) is 5.16 Å². The Labute approximate surface area is 255 Å². The smallest absolute Gasteiger partial charge is 0.352 e. The van der Waals surface area contributed by atoms with E-state index < -0.39 is 35.3 Å². The molecule has 0 spiro atoms. The quantitative estimate of drug-likeness (QED) is 0.169. The van der Waals surface area contributed by atoms with Gasteiger partial charge in [0.15, 0.2) is 10.8 Å². The molecule has 0 aromatic carbocycles. The number of carboxylic acids is 1. The summed E-state index contributed by atoms with van der Waals surface area (Å²) in [5.41, 5.74) is 7.22. The van der Waals surface area contributed by atoms with E-state index in [-0.39, 0.29) is 32.8 Å². The average Bonchev–Trinajstić information content (AvgIpc) is 3.68. The van der Waals surface area contributed by atoms with Crippen molar-refractivity contribution in [3.8, 4) is 0 Å². The number of oxime groups is 1. The molecule has 0 saturated carbocycles. The maximum absolute atomic E-state index is 13.3. The molecule has 3 amide bonds. The predicted molar refractivity (Wildman–Crippen MR) is 160 cm³/mol. The maximum atomic E-state index is 13.3. The number of aliphatic carboxylic acids is 1. The van der Waals surface area contributed by atoms with E-state index in [1.807, 2.05) is 19.2 Å². The lowest BCUT2D eigenvalue weighted by molar-refractivity contribution is -0.150. The third-order valence-electron chi connectivity index (χ3n) is 6.85. The van der Waals surface area contributed by atoms with E-state index in [0.29, 0.717) is 30.0 Å².